The van der Waals surface area contributed by atoms with Crippen molar-refractivity contribution in [2.24, 2.45) is 0 Å². The highest BCUT2D eigenvalue weighted by atomic mass is 16.1. The number of fused-ring (bicyclic) bond motifs is 1. The Bertz CT molecular complexity index is 401. The molecule has 0 bridgehead atoms. The fourth-order valence-electron chi connectivity index (χ4n) is 2.12. The molecule has 1 aromatic carbocycles. The van der Waals surface area contributed by atoms with E-state index in [0.29, 0.717) is 6.42 Å². The van der Waals surface area contributed by atoms with Crippen LogP contribution in [-0.2, 0) is 6.42 Å². The molecule has 0 aliphatic carbocycles. The predicted molar refractivity (Wildman–Crippen MR) is 66.3 cm³/mol. The van der Waals surface area contributed by atoms with Gasteiger partial charge < -0.3 is 10.2 Å². The molecule has 1 aliphatic heterocycles. The Balaban J connectivity index is 2.15. The number of carbonyl (C=O) groups excluding carboxylic acids is 1. The summed E-state index contributed by atoms with van der Waals surface area (Å²) in [6.07, 6.45) is 1.63. The summed E-state index contributed by atoms with van der Waals surface area (Å²) in [5.41, 5.74) is 3.42. The molecule has 3 nitrogen and oxygen atoms in total. The highest BCUT2D eigenvalue weighted by Gasteiger charge is 2.17. The van der Waals surface area contributed by atoms with Crippen LogP contribution < -0.4 is 10.2 Å². The number of hydrogen-bond donors (Lipinski definition) is 1. The molecule has 0 saturated heterocycles. The Hall–Kier alpha value is -1.35. The van der Waals surface area contributed by atoms with Crippen molar-refractivity contribution in [3.8, 4) is 0 Å². The van der Waals surface area contributed by atoms with Gasteiger partial charge in [-0.2, -0.15) is 0 Å². The normalized spacial score (nSPS) is 14.0. The molecule has 86 valence electrons. The first kappa shape index (κ1) is 11.1. The van der Waals surface area contributed by atoms with Gasteiger partial charge in [0.1, 0.15) is 0 Å². The average Bonchev–Trinajstić information content (AvgIpc) is 2.67. The zero-order valence-electron chi connectivity index (χ0n) is 9.92. The summed E-state index contributed by atoms with van der Waals surface area (Å²) in [6, 6.07) is 6.06. The van der Waals surface area contributed by atoms with E-state index in [1.807, 2.05) is 13.1 Å². The molecular formula is C13H18N2O. The smallest absolute Gasteiger partial charge is 0.164 e. The minimum atomic E-state index is 0.228. The molecule has 1 N–H and O–H groups in total. The molecule has 0 fully saturated rings. The molecular weight excluding hydrogens is 200 g/mol. The number of nitrogens with one attached hydrogen (secondary N) is 1. The number of benzene rings is 1. The van der Waals surface area contributed by atoms with Crippen molar-refractivity contribution < 1.29 is 4.79 Å². The van der Waals surface area contributed by atoms with Gasteiger partial charge >= 0.3 is 0 Å². The largest absolute Gasteiger partial charge is 0.374 e. The van der Waals surface area contributed by atoms with E-state index < -0.39 is 0 Å². The maximum Gasteiger partial charge on any atom is 0.164 e. The lowest BCUT2D eigenvalue weighted by molar-refractivity contribution is 0.0983. The fraction of sp³-hybridized carbons (Fsp3) is 0.462. The van der Waals surface area contributed by atoms with Gasteiger partial charge in [-0.3, -0.25) is 4.79 Å². The van der Waals surface area contributed by atoms with E-state index in [1.54, 1.807) is 0 Å². The second-order valence-electron chi connectivity index (χ2n) is 4.29. The van der Waals surface area contributed by atoms with Gasteiger partial charge in [0.15, 0.2) is 5.78 Å². The lowest BCUT2D eigenvalue weighted by Gasteiger charge is -2.11. The third kappa shape index (κ3) is 2.09. The van der Waals surface area contributed by atoms with E-state index in [2.05, 4.69) is 29.4 Å². The van der Waals surface area contributed by atoms with Crippen molar-refractivity contribution in [1.29, 1.82) is 0 Å². The number of ketones is 1. The first-order chi connectivity index (χ1) is 7.72. The van der Waals surface area contributed by atoms with Crippen LogP contribution in [0, 0.1) is 0 Å². The van der Waals surface area contributed by atoms with Gasteiger partial charge in [-0.25, -0.2) is 0 Å². The van der Waals surface area contributed by atoms with Crippen LogP contribution in [-0.4, -0.2) is 33.0 Å². The van der Waals surface area contributed by atoms with Crippen molar-refractivity contribution in [1.82, 2.24) is 5.32 Å². The van der Waals surface area contributed by atoms with Crippen LogP contribution in [0.15, 0.2) is 18.2 Å². The summed E-state index contributed by atoms with van der Waals surface area (Å²) in [5.74, 6) is 0.228. The molecule has 2 rings (SSSR count). The summed E-state index contributed by atoms with van der Waals surface area (Å²) in [7, 11) is 3.96. The van der Waals surface area contributed by atoms with Gasteiger partial charge in [0, 0.05) is 37.8 Å². The minimum absolute atomic E-state index is 0.228. The topological polar surface area (TPSA) is 32.3 Å². The molecule has 0 atom stereocenters. The summed E-state index contributed by atoms with van der Waals surface area (Å²) < 4.78 is 0. The number of rotatable bonds is 4. The van der Waals surface area contributed by atoms with Crippen molar-refractivity contribution in [3.63, 3.8) is 0 Å². The van der Waals surface area contributed by atoms with E-state index in [9.17, 15) is 4.79 Å². The minimum Gasteiger partial charge on any atom is -0.374 e. The number of anilines is 1. The quantitative estimate of drug-likeness (QED) is 0.777. The van der Waals surface area contributed by atoms with Crippen molar-refractivity contribution in [2.75, 3.05) is 32.1 Å². The Morgan fingerprint density at radius 3 is 3.06 bits per heavy atom. The standard InChI is InChI=1S/C13H18N2O/c1-14-7-5-13(16)11-3-4-12-10(9-11)6-8-15(12)2/h3-4,9,14H,5-8H2,1-2H3. The maximum atomic E-state index is 11.8. The highest BCUT2D eigenvalue weighted by Crippen LogP contribution is 2.27. The van der Waals surface area contributed by atoms with E-state index in [4.69, 9.17) is 0 Å². The molecule has 3 heteroatoms. The fourth-order valence-corrected chi connectivity index (χ4v) is 2.12. The molecule has 1 aromatic rings. The summed E-state index contributed by atoms with van der Waals surface area (Å²) >= 11 is 0. The lowest BCUT2D eigenvalue weighted by Crippen LogP contribution is -2.13. The van der Waals surface area contributed by atoms with E-state index >= 15 is 0 Å². The van der Waals surface area contributed by atoms with Crippen LogP contribution >= 0.6 is 0 Å². The first-order valence-electron chi connectivity index (χ1n) is 5.74. The molecule has 1 heterocycles. The third-order valence-electron chi connectivity index (χ3n) is 3.13. The van der Waals surface area contributed by atoms with Crippen molar-refractivity contribution in [3.05, 3.63) is 29.3 Å². The molecule has 0 aromatic heterocycles. The van der Waals surface area contributed by atoms with Gasteiger partial charge in [-0.1, -0.05) is 0 Å². The number of carbonyl (C=O) groups is 1. The summed E-state index contributed by atoms with van der Waals surface area (Å²) in [4.78, 5) is 14.1. The lowest BCUT2D eigenvalue weighted by atomic mass is 10.0. The maximum absolute atomic E-state index is 11.8. The van der Waals surface area contributed by atoms with Crippen LogP contribution in [0.5, 0.6) is 0 Å². The first-order valence-corrected chi connectivity index (χ1v) is 5.74. The Morgan fingerprint density at radius 1 is 1.50 bits per heavy atom. The van der Waals surface area contributed by atoms with E-state index in [1.165, 1.54) is 11.3 Å². The zero-order valence-corrected chi connectivity index (χ0v) is 9.92. The van der Waals surface area contributed by atoms with E-state index in [0.717, 1.165) is 25.1 Å². The number of nitrogens with zero attached hydrogens (tertiary/aromatic N) is 1. The van der Waals surface area contributed by atoms with Gasteiger partial charge in [-0.15, -0.1) is 0 Å². The van der Waals surface area contributed by atoms with Crippen LogP contribution in [0.4, 0.5) is 5.69 Å². The Kier molecular flexibility index (Phi) is 3.25. The number of Topliss-reactive ketones (excluding diaryl/α,β-unsaturated/α-hetero) is 1. The Morgan fingerprint density at radius 2 is 2.31 bits per heavy atom. The van der Waals surface area contributed by atoms with Crippen LogP contribution in [0.3, 0.4) is 0 Å². The molecule has 0 amide bonds. The van der Waals surface area contributed by atoms with E-state index in [-0.39, 0.29) is 5.78 Å². The highest BCUT2D eigenvalue weighted by molar-refractivity contribution is 5.97. The predicted octanol–water partition coefficient (Wildman–Crippen LogP) is 1.47. The van der Waals surface area contributed by atoms with Crippen molar-refractivity contribution >= 4 is 11.5 Å². The van der Waals surface area contributed by atoms with Gasteiger partial charge in [0.25, 0.3) is 0 Å². The second-order valence-corrected chi connectivity index (χ2v) is 4.29. The monoisotopic (exact) mass is 218 g/mol. The van der Waals surface area contributed by atoms with Gasteiger partial charge in [0.05, 0.1) is 0 Å². The molecule has 0 radical (unpaired) electrons. The van der Waals surface area contributed by atoms with Gasteiger partial charge in [-0.05, 0) is 37.2 Å². The zero-order chi connectivity index (χ0) is 11.5. The molecule has 16 heavy (non-hydrogen) atoms. The number of hydrogen-bond acceptors (Lipinski definition) is 3. The molecule has 0 unspecified atom stereocenters. The van der Waals surface area contributed by atoms with Crippen LogP contribution in [0.2, 0.25) is 0 Å². The van der Waals surface area contributed by atoms with Crippen molar-refractivity contribution in [2.45, 2.75) is 12.8 Å². The van der Waals surface area contributed by atoms with Crippen LogP contribution in [0.25, 0.3) is 0 Å². The van der Waals surface area contributed by atoms with Crippen LogP contribution in [0.1, 0.15) is 22.3 Å². The molecule has 0 saturated carbocycles. The molecule has 1 aliphatic rings. The summed E-state index contributed by atoms with van der Waals surface area (Å²) in [6.45, 7) is 1.80. The SMILES string of the molecule is CNCCC(=O)c1ccc2c(c1)CCN2C. The third-order valence-corrected chi connectivity index (χ3v) is 3.13. The average molecular weight is 218 g/mol. The van der Waals surface area contributed by atoms with Gasteiger partial charge in [0.2, 0.25) is 0 Å². The second kappa shape index (κ2) is 4.66. The summed E-state index contributed by atoms with van der Waals surface area (Å²) in [5, 5.41) is 3.00. The molecule has 0 spiro atoms. The number of likely N-dealkylation sites (N-methyl/N-ethyl adjacent to an activating group) is 1. The Labute approximate surface area is 96.5 Å².